The molecule has 0 saturated carbocycles. The quantitative estimate of drug-likeness (QED) is 0.821. The van der Waals surface area contributed by atoms with Crippen LogP contribution in [0.5, 0.6) is 11.5 Å². The van der Waals surface area contributed by atoms with Gasteiger partial charge in [-0.2, -0.15) is 0 Å². The highest BCUT2D eigenvalue weighted by atomic mass is 16.3. The van der Waals surface area contributed by atoms with Crippen molar-refractivity contribution in [2.24, 2.45) is 0 Å². The molecule has 1 amide bonds. The molecule has 0 bridgehead atoms. The normalized spacial score (nSPS) is 10.3. The minimum absolute atomic E-state index is 0.0332. The molecule has 2 aromatic rings. The molecule has 1 aromatic heterocycles. The summed E-state index contributed by atoms with van der Waals surface area (Å²) < 4.78 is 0. The zero-order valence-electron chi connectivity index (χ0n) is 11.9. The van der Waals surface area contributed by atoms with Gasteiger partial charge in [0.2, 0.25) is 5.91 Å². The molecule has 110 valence electrons. The van der Waals surface area contributed by atoms with Gasteiger partial charge in [-0.1, -0.05) is 6.07 Å². The molecule has 2 N–H and O–H groups in total. The molecular weight excluding hydrogens is 268 g/mol. The number of rotatable bonds is 5. The van der Waals surface area contributed by atoms with Gasteiger partial charge in [0.1, 0.15) is 0 Å². The number of carbonyl (C=O) groups is 1. The zero-order valence-corrected chi connectivity index (χ0v) is 11.9. The number of hydrogen-bond acceptors (Lipinski definition) is 4. The maximum atomic E-state index is 12.1. The Labute approximate surface area is 123 Å². The number of benzene rings is 1. The first-order chi connectivity index (χ1) is 10.1. The second kappa shape index (κ2) is 6.74. The Morgan fingerprint density at radius 1 is 1.10 bits per heavy atom. The van der Waals surface area contributed by atoms with Crippen molar-refractivity contribution in [3.8, 4) is 11.5 Å². The van der Waals surface area contributed by atoms with Gasteiger partial charge in [0.05, 0.1) is 6.42 Å². The van der Waals surface area contributed by atoms with Gasteiger partial charge >= 0.3 is 0 Å². The van der Waals surface area contributed by atoms with E-state index in [9.17, 15) is 15.0 Å². The average Bonchev–Trinajstić information content (AvgIpc) is 2.49. The fourth-order valence-corrected chi connectivity index (χ4v) is 1.96. The van der Waals surface area contributed by atoms with Crippen molar-refractivity contribution >= 4 is 5.91 Å². The van der Waals surface area contributed by atoms with Gasteiger partial charge in [-0.3, -0.25) is 9.78 Å². The van der Waals surface area contributed by atoms with E-state index >= 15 is 0 Å². The molecule has 5 heteroatoms. The summed E-state index contributed by atoms with van der Waals surface area (Å²) in [5.41, 5.74) is 1.80. The molecule has 0 aliphatic heterocycles. The SMILES string of the molecule is CN(CCc1ccncc1)C(=O)Cc1ccc(O)c(O)c1. The Morgan fingerprint density at radius 2 is 1.81 bits per heavy atom. The molecule has 2 rings (SSSR count). The van der Waals surface area contributed by atoms with Crippen LogP contribution < -0.4 is 0 Å². The Morgan fingerprint density at radius 3 is 2.48 bits per heavy atom. The van der Waals surface area contributed by atoms with Gasteiger partial charge < -0.3 is 15.1 Å². The minimum atomic E-state index is -0.209. The van der Waals surface area contributed by atoms with Gasteiger partial charge in [-0.05, 0) is 41.8 Å². The minimum Gasteiger partial charge on any atom is -0.504 e. The van der Waals surface area contributed by atoms with Gasteiger partial charge in [0, 0.05) is 26.0 Å². The predicted molar refractivity (Wildman–Crippen MR) is 79.1 cm³/mol. The van der Waals surface area contributed by atoms with E-state index in [1.54, 1.807) is 30.4 Å². The summed E-state index contributed by atoms with van der Waals surface area (Å²) in [7, 11) is 1.75. The fraction of sp³-hybridized carbons (Fsp3) is 0.250. The lowest BCUT2D eigenvalue weighted by molar-refractivity contribution is -0.129. The number of phenolic OH excluding ortho intramolecular Hbond substituents is 2. The van der Waals surface area contributed by atoms with Crippen molar-refractivity contribution < 1.29 is 15.0 Å². The van der Waals surface area contributed by atoms with E-state index in [0.29, 0.717) is 12.1 Å². The molecule has 1 aromatic carbocycles. The monoisotopic (exact) mass is 286 g/mol. The third-order valence-electron chi connectivity index (χ3n) is 3.31. The highest BCUT2D eigenvalue weighted by Crippen LogP contribution is 2.25. The van der Waals surface area contributed by atoms with Crippen molar-refractivity contribution in [3.63, 3.8) is 0 Å². The summed E-state index contributed by atoms with van der Waals surface area (Å²) in [6.45, 7) is 0.618. The van der Waals surface area contributed by atoms with Crippen molar-refractivity contribution in [2.75, 3.05) is 13.6 Å². The highest BCUT2D eigenvalue weighted by Gasteiger charge is 2.11. The number of hydrogen-bond donors (Lipinski definition) is 2. The van der Waals surface area contributed by atoms with Crippen molar-refractivity contribution in [3.05, 3.63) is 53.9 Å². The molecule has 0 saturated heterocycles. The summed E-state index contributed by atoms with van der Waals surface area (Å²) in [5.74, 6) is -0.425. The van der Waals surface area contributed by atoms with Gasteiger partial charge in [-0.25, -0.2) is 0 Å². The third kappa shape index (κ3) is 4.21. The number of amides is 1. The number of pyridine rings is 1. The summed E-state index contributed by atoms with van der Waals surface area (Å²) >= 11 is 0. The van der Waals surface area contributed by atoms with Gasteiger partial charge in [0.15, 0.2) is 11.5 Å². The Balaban J connectivity index is 1.89. The Hall–Kier alpha value is -2.56. The van der Waals surface area contributed by atoms with Crippen LogP contribution in [0.25, 0.3) is 0 Å². The molecule has 0 radical (unpaired) electrons. The van der Waals surface area contributed by atoms with Crippen LogP contribution in [0.4, 0.5) is 0 Å². The molecular formula is C16H18N2O3. The summed E-state index contributed by atoms with van der Waals surface area (Å²) in [6.07, 6.45) is 4.43. The summed E-state index contributed by atoms with van der Waals surface area (Å²) in [4.78, 5) is 17.7. The molecule has 0 atom stereocenters. The van der Waals surface area contributed by atoms with Crippen LogP contribution in [-0.4, -0.2) is 39.6 Å². The summed E-state index contributed by atoms with van der Waals surface area (Å²) in [5, 5.41) is 18.7. The number of nitrogens with zero attached hydrogens (tertiary/aromatic N) is 2. The first-order valence-corrected chi connectivity index (χ1v) is 6.70. The maximum absolute atomic E-state index is 12.1. The topological polar surface area (TPSA) is 73.7 Å². The van der Waals surface area contributed by atoms with Gasteiger partial charge in [0.25, 0.3) is 0 Å². The smallest absolute Gasteiger partial charge is 0.226 e. The summed E-state index contributed by atoms with van der Waals surface area (Å²) in [6, 6.07) is 8.27. The highest BCUT2D eigenvalue weighted by molar-refractivity contribution is 5.78. The van der Waals surface area contributed by atoms with E-state index in [4.69, 9.17) is 0 Å². The first-order valence-electron chi connectivity index (χ1n) is 6.70. The van der Waals surface area contributed by atoms with Crippen LogP contribution in [0.15, 0.2) is 42.7 Å². The fourth-order valence-electron chi connectivity index (χ4n) is 1.96. The van der Waals surface area contributed by atoms with Gasteiger partial charge in [-0.15, -0.1) is 0 Å². The molecule has 0 unspecified atom stereocenters. The average molecular weight is 286 g/mol. The molecule has 21 heavy (non-hydrogen) atoms. The van der Waals surface area contributed by atoms with E-state index in [1.165, 1.54) is 12.1 Å². The van der Waals surface area contributed by atoms with Crippen LogP contribution in [0.3, 0.4) is 0 Å². The number of likely N-dealkylation sites (N-methyl/N-ethyl adjacent to an activating group) is 1. The third-order valence-corrected chi connectivity index (χ3v) is 3.31. The second-order valence-electron chi connectivity index (χ2n) is 4.92. The Kier molecular flexibility index (Phi) is 4.77. The molecule has 0 aliphatic rings. The maximum Gasteiger partial charge on any atom is 0.226 e. The van der Waals surface area contributed by atoms with Crippen molar-refractivity contribution in [1.82, 2.24) is 9.88 Å². The van der Waals surface area contributed by atoms with Crippen LogP contribution in [0, 0.1) is 0 Å². The second-order valence-corrected chi connectivity index (χ2v) is 4.92. The zero-order chi connectivity index (χ0) is 15.2. The molecule has 1 heterocycles. The number of carbonyl (C=O) groups excluding carboxylic acids is 1. The van der Waals surface area contributed by atoms with E-state index in [1.807, 2.05) is 12.1 Å². The largest absolute Gasteiger partial charge is 0.504 e. The number of aromatic nitrogens is 1. The molecule has 0 spiro atoms. The standard InChI is InChI=1S/C16H18N2O3/c1-18(9-6-12-4-7-17-8-5-12)16(21)11-13-2-3-14(19)15(20)10-13/h2-5,7-8,10,19-20H,6,9,11H2,1H3. The van der Waals surface area contributed by atoms with E-state index < -0.39 is 0 Å². The van der Waals surface area contributed by atoms with Crippen LogP contribution in [0.2, 0.25) is 0 Å². The van der Waals surface area contributed by atoms with Crippen LogP contribution >= 0.6 is 0 Å². The lowest BCUT2D eigenvalue weighted by atomic mass is 10.1. The van der Waals surface area contributed by atoms with Crippen LogP contribution in [0.1, 0.15) is 11.1 Å². The Bertz CT molecular complexity index is 614. The van der Waals surface area contributed by atoms with E-state index in [-0.39, 0.29) is 23.8 Å². The lowest BCUT2D eigenvalue weighted by Crippen LogP contribution is -2.30. The number of phenols is 2. The predicted octanol–water partition coefficient (Wildman–Crippen LogP) is 1.74. The van der Waals surface area contributed by atoms with Crippen molar-refractivity contribution in [2.45, 2.75) is 12.8 Å². The first kappa shape index (κ1) is 14.8. The lowest BCUT2D eigenvalue weighted by Gasteiger charge is -2.17. The molecule has 0 fully saturated rings. The van der Waals surface area contributed by atoms with E-state index in [2.05, 4.69) is 4.98 Å². The van der Waals surface area contributed by atoms with Crippen molar-refractivity contribution in [1.29, 1.82) is 0 Å². The van der Waals surface area contributed by atoms with E-state index in [0.717, 1.165) is 12.0 Å². The van der Waals surface area contributed by atoms with Crippen LogP contribution in [-0.2, 0) is 17.6 Å². The number of aromatic hydroxyl groups is 2. The molecule has 0 aliphatic carbocycles. The molecule has 5 nitrogen and oxygen atoms in total.